The second kappa shape index (κ2) is 9.92. The lowest BCUT2D eigenvalue weighted by Gasteiger charge is -2.26. The third kappa shape index (κ3) is 5.05. The number of amides is 2. The van der Waals surface area contributed by atoms with E-state index < -0.39 is 12.6 Å². The second-order valence-electron chi connectivity index (χ2n) is 6.44. The van der Waals surface area contributed by atoms with Gasteiger partial charge in [-0.3, -0.25) is 9.59 Å². The number of aliphatic hydroxyl groups is 1. The van der Waals surface area contributed by atoms with Crippen molar-refractivity contribution in [2.45, 2.75) is 39.2 Å². The van der Waals surface area contributed by atoms with Crippen LogP contribution in [0.4, 0.5) is 0 Å². The number of nitrogens with zero attached hydrogens (tertiary/aromatic N) is 1. The summed E-state index contributed by atoms with van der Waals surface area (Å²) in [5.41, 5.74) is 0.906. The smallest absolute Gasteiger partial charge is 0.247 e. The molecule has 2 N–H and O–H groups in total. The van der Waals surface area contributed by atoms with Crippen molar-refractivity contribution in [3.05, 3.63) is 48.0 Å². The molecule has 0 aliphatic heterocycles. The Labute approximate surface area is 155 Å². The number of hydrogen-bond acceptors (Lipinski definition) is 3. The molecule has 0 saturated heterocycles. The van der Waals surface area contributed by atoms with Crippen LogP contribution in [0.15, 0.2) is 42.5 Å². The third-order valence-electron chi connectivity index (χ3n) is 4.35. The summed E-state index contributed by atoms with van der Waals surface area (Å²) in [6, 6.07) is 12.8. The molecule has 0 aliphatic carbocycles. The molecule has 2 amide bonds. The van der Waals surface area contributed by atoms with Crippen LogP contribution < -0.4 is 5.32 Å². The predicted molar refractivity (Wildman–Crippen MR) is 104 cm³/mol. The van der Waals surface area contributed by atoms with E-state index >= 15 is 0 Å². The lowest BCUT2D eigenvalue weighted by Crippen LogP contribution is -2.51. The molecule has 0 heterocycles. The molecule has 140 valence electrons. The Bertz CT molecular complexity index is 734. The van der Waals surface area contributed by atoms with Crippen LogP contribution in [0.2, 0.25) is 0 Å². The number of fused-ring (bicyclic) bond motifs is 1. The van der Waals surface area contributed by atoms with E-state index in [1.165, 1.54) is 0 Å². The summed E-state index contributed by atoms with van der Waals surface area (Å²) in [6.45, 7) is 4.86. The van der Waals surface area contributed by atoms with Crippen molar-refractivity contribution in [1.82, 2.24) is 10.2 Å². The molecule has 2 rings (SSSR count). The van der Waals surface area contributed by atoms with Gasteiger partial charge in [-0.15, -0.1) is 0 Å². The number of carbonyl (C=O) groups is 2. The van der Waals surface area contributed by atoms with Gasteiger partial charge < -0.3 is 15.3 Å². The second-order valence-corrected chi connectivity index (χ2v) is 6.44. The molecule has 26 heavy (non-hydrogen) atoms. The minimum absolute atomic E-state index is 0.173. The Morgan fingerprint density at radius 2 is 1.69 bits per heavy atom. The fourth-order valence-electron chi connectivity index (χ4n) is 3.14. The Hall–Kier alpha value is -2.40. The lowest BCUT2D eigenvalue weighted by atomic mass is 10.0. The zero-order chi connectivity index (χ0) is 18.9. The van der Waals surface area contributed by atoms with E-state index in [0.717, 1.165) is 29.2 Å². The average Bonchev–Trinajstić information content (AvgIpc) is 2.65. The molecule has 1 unspecified atom stereocenters. The predicted octanol–water partition coefficient (Wildman–Crippen LogP) is 2.51. The SMILES string of the molecule is CCCN(CCC)C(=O)C(CO)NC(=O)Cc1cccc2ccccc12. The maximum atomic E-state index is 12.6. The molecule has 2 aromatic rings. The summed E-state index contributed by atoms with van der Waals surface area (Å²) in [7, 11) is 0. The van der Waals surface area contributed by atoms with E-state index in [1.54, 1.807) is 4.90 Å². The van der Waals surface area contributed by atoms with Crippen molar-refractivity contribution < 1.29 is 14.7 Å². The molecule has 0 saturated carbocycles. The first kappa shape index (κ1) is 19.9. The highest BCUT2D eigenvalue weighted by Gasteiger charge is 2.24. The maximum absolute atomic E-state index is 12.6. The highest BCUT2D eigenvalue weighted by Crippen LogP contribution is 2.18. The molecular weight excluding hydrogens is 328 g/mol. The topological polar surface area (TPSA) is 69.6 Å². The number of benzene rings is 2. The number of carbonyl (C=O) groups excluding carboxylic acids is 2. The van der Waals surface area contributed by atoms with Crippen LogP contribution in [0.1, 0.15) is 32.3 Å². The number of aliphatic hydroxyl groups excluding tert-OH is 1. The Kier molecular flexibility index (Phi) is 7.60. The molecular formula is C21H28N2O3. The molecule has 5 heteroatoms. The molecule has 1 atom stereocenters. The van der Waals surface area contributed by atoms with Crippen LogP contribution in [-0.2, 0) is 16.0 Å². The lowest BCUT2D eigenvalue weighted by molar-refractivity contribution is -0.137. The normalized spacial score (nSPS) is 12.0. The fraction of sp³-hybridized carbons (Fsp3) is 0.429. The van der Waals surface area contributed by atoms with Crippen LogP contribution in [0.5, 0.6) is 0 Å². The van der Waals surface area contributed by atoms with Gasteiger partial charge in [0.05, 0.1) is 13.0 Å². The van der Waals surface area contributed by atoms with Crippen molar-refractivity contribution in [3.63, 3.8) is 0 Å². The van der Waals surface area contributed by atoms with Crippen molar-refractivity contribution in [1.29, 1.82) is 0 Å². The summed E-state index contributed by atoms with van der Waals surface area (Å²) in [6.07, 6.45) is 1.86. The van der Waals surface area contributed by atoms with Crippen molar-refractivity contribution >= 4 is 22.6 Å². The Morgan fingerprint density at radius 1 is 1.04 bits per heavy atom. The van der Waals surface area contributed by atoms with Crippen LogP contribution in [-0.4, -0.2) is 47.6 Å². The van der Waals surface area contributed by atoms with Gasteiger partial charge in [0.15, 0.2) is 0 Å². The first-order valence-electron chi connectivity index (χ1n) is 9.26. The quantitative estimate of drug-likeness (QED) is 0.725. The van der Waals surface area contributed by atoms with E-state index in [9.17, 15) is 14.7 Å². The van der Waals surface area contributed by atoms with Crippen LogP contribution in [0.3, 0.4) is 0 Å². The molecule has 0 fully saturated rings. The molecule has 2 aromatic carbocycles. The summed E-state index contributed by atoms with van der Waals surface area (Å²) in [5, 5.41) is 14.4. The number of nitrogens with one attached hydrogen (secondary N) is 1. The summed E-state index contributed by atoms with van der Waals surface area (Å²) in [5.74, 6) is -0.482. The third-order valence-corrected chi connectivity index (χ3v) is 4.35. The van der Waals surface area contributed by atoms with E-state index in [1.807, 2.05) is 56.3 Å². The first-order chi connectivity index (χ1) is 12.6. The molecule has 0 aliphatic rings. The van der Waals surface area contributed by atoms with Gasteiger partial charge in [-0.1, -0.05) is 56.3 Å². The Morgan fingerprint density at radius 3 is 2.35 bits per heavy atom. The first-order valence-corrected chi connectivity index (χ1v) is 9.26. The minimum Gasteiger partial charge on any atom is -0.394 e. The largest absolute Gasteiger partial charge is 0.394 e. The van der Waals surface area contributed by atoms with Gasteiger partial charge in [-0.25, -0.2) is 0 Å². The fourth-order valence-corrected chi connectivity index (χ4v) is 3.14. The molecule has 5 nitrogen and oxygen atoms in total. The molecule has 0 spiro atoms. The van der Waals surface area contributed by atoms with Crippen LogP contribution in [0.25, 0.3) is 10.8 Å². The zero-order valence-corrected chi connectivity index (χ0v) is 15.6. The Balaban J connectivity index is 2.07. The van der Waals surface area contributed by atoms with E-state index in [0.29, 0.717) is 13.1 Å². The van der Waals surface area contributed by atoms with Gasteiger partial charge >= 0.3 is 0 Å². The average molecular weight is 356 g/mol. The van der Waals surface area contributed by atoms with Crippen LogP contribution in [0, 0.1) is 0 Å². The standard InChI is InChI=1S/C21H28N2O3/c1-3-12-23(13-4-2)21(26)19(15-24)22-20(25)14-17-10-7-9-16-8-5-6-11-18(16)17/h5-11,19,24H,3-4,12-15H2,1-2H3,(H,22,25). The number of hydrogen-bond donors (Lipinski definition) is 2. The molecule has 0 radical (unpaired) electrons. The summed E-state index contributed by atoms with van der Waals surface area (Å²) < 4.78 is 0. The van der Waals surface area contributed by atoms with Gasteiger partial charge in [-0.2, -0.15) is 0 Å². The number of rotatable bonds is 9. The van der Waals surface area contributed by atoms with Crippen molar-refractivity contribution in [2.24, 2.45) is 0 Å². The van der Waals surface area contributed by atoms with Gasteiger partial charge in [0.1, 0.15) is 6.04 Å². The molecule has 0 bridgehead atoms. The minimum atomic E-state index is -0.893. The van der Waals surface area contributed by atoms with E-state index in [4.69, 9.17) is 0 Å². The van der Waals surface area contributed by atoms with E-state index in [2.05, 4.69) is 5.32 Å². The van der Waals surface area contributed by atoms with Gasteiger partial charge in [-0.05, 0) is 29.2 Å². The molecule has 0 aromatic heterocycles. The van der Waals surface area contributed by atoms with Gasteiger partial charge in [0, 0.05) is 13.1 Å². The van der Waals surface area contributed by atoms with E-state index in [-0.39, 0.29) is 18.2 Å². The maximum Gasteiger partial charge on any atom is 0.247 e. The summed E-state index contributed by atoms with van der Waals surface area (Å²) >= 11 is 0. The van der Waals surface area contributed by atoms with Crippen molar-refractivity contribution in [2.75, 3.05) is 19.7 Å². The van der Waals surface area contributed by atoms with Crippen LogP contribution >= 0.6 is 0 Å². The van der Waals surface area contributed by atoms with Gasteiger partial charge in [0.2, 0.25) is 11.8 Å². The summed E-state index contributed by atoms with van der Waals surface area (Å²) in [4.78, 5) is 26.8. The van der Waals surface area contributed by atoms with Gasteiger partial charge in [0.25, 0.3) is 0 Å². The zero-order valence-electron chi connectivity index (χ0n) is 15.6. The monoisotopic (exact) mass is 356 g/mol. The highest BCUT2D eigenvalue weighted by molar-refractivity contribution is 5.92. The van der Waals surface area contributed by atoms with Crippen molar-refractivity contribution in [3.8, 4) is 0 Å². The highest BCUT2D eigenvalue weighted by atomic mass is 16.3.